The van der Waals surface area contributed by atoms with Crippen molar-refractivity contribution < 1.29 is 170 Å². The maximum atomic E-state index is 12.1. The standard InChI is InChI=1S/C40H32N6O12S4.4Na/c1-23-16-27(12-14-35(23)45-43-29-19-33-31(39(21-29)61(53,54)55)8-4-10-37(33)59(47,48)49)41-25-6-3-7-26(18-25)42-28-13-15-36(24(2)17-28)46-44-30-20-34-32(40(22-30)62(56,57)58)9-5-11-38(34)60(50,51)52;;;;/h3-22,41-42H,1-2H3,(H,47,48,49)(H,50,51,52)(H,53,54,55)(H,56,57,58);;;;/q;4*+1/p-4. The Bertz CT molecular complexity index is 3300. The SMILES string of the molecule is Cc1cc(Nc2cccc(Nc3ccc(N=Nc4cc(S(=O)(=O)[O-])c5cccc(S(=O)(=O)[O-])c5c4)c(C)c3)c2)ccc1N=Nc1cc(S(=O)(=O)[O-])c2cccc(S(=O)(=O)[O-])c2c1.[Na+].[Na+].[Na+].[Na+]. The minimum Gasteiger partial charge on any atom is -0.744 e. The molecule has 0 atom stereocenters. The molecule has 0 spiro atoms. The van der Waals surface area contributed by atoms with E-state index in [0.29, 0.717) is 45.3 Å². The smallest absolute Gasteiger partial charge is 0.744 e. The van der Waals surface area contributed by atoms with Crippen LogP contribution in [0.4, 0.5) is 45.5 Å². The second kappa shape index (κ2) is 22.9. The molecule has 0 saturated heterocycles. The molecule has 0 bridgehead atoms. The fourth-order valence-electron chi connectivity index (χ4n) is 6.51. The molecule has 0 heterocycles. The fraction of sp³-hybridized carbons (Fsp3) is 0.0500. The van der Waals surface area contributed by atoms with Gasteiger partial charge in [-0.15, -0.1) is 0 Å². The molecule has 0 saturated carbocycles. The van der Waals surface area contributed by atoms with E-state index < -0.39 is 60.1 Å². The molecule has 18 nitrogen and oxygen atoms in total. The van der Waals surface area contributed by atoms with Crippen molar-refractivity contribution >= 4 is 108 Å². The van der Waals surface area contributed by atoms with Gasteiger partial charge in [0.25, 0.3) is 0 Å². The minimum atomic E-state index is -5.10. The van der Waals surface area contributed by atoms with E-state index in [1.807, 2.05) is 24.3 Å². The van der Waals surface area contributed by atoms with Crippen LogP contribution in [0.1, 0.15) is 11.1 Å². The van der Waals surface area contributed by atoms with Crippen LogP contribution in [0.25, 0.3) is 21.5 Å². The predicted molar refractivity (Wildman–Crippen MR) is 223 cm³/mol. The van der Waals surface area contributed by atoms with E-state index in [0.717, 1.165) is 48.5 Å². The van der Waals surface area contributed by atoms with Crippen LogP contribution in [0.5, 0.6) is 0 Å². The molecule has 7 rings (SSSR count). The number of nitrogens with zero attached hydrogens (tertiary/aromatic N) is 4. The Balaban J connectivity index is 0.00000289. The van der Waals surface area contributed by atoms with E-state index in [-0.39, 0.29) is 151 Å². The monoisotopic (exact) mass is 1000 g/mol. The van der Waals surface area contributed by atoms with Gasteiger partial charge in [0.2, 0.25) is 0 Å². The average molecular weight is 1000 g/mol. The maximum Gasteiger partial charge on any atom is 1.00 e. The molecular formula is C40H28N6Na4O12S4. The zero-order valence-electron chi connectivity index (χ0n) is 35.9. The first-order valence-corrected chi connectivity index (χ1v) is 23.3. The Labute approximate surface area is 468 Å². The van der Waals surface area contributed by atoms with Gasteiger partial charge in [-0.25, -0.2) is 33.7 Å². The quantitative estimate of drug-likeness (QED) is 0.0684. The summed E-state index contributed by atoms with van der Waals surface area (Å²) in [7, 11) is -20.3. The number of azo groups is 2. The van der Waals surface area contributed by atoms with Crippen molar-refractivity contribution in [1.29, 1.82) is 0 Å². The van der Waals surface area contributed by atoms with Gasteiger partial charge in [0.05, 0.1) is 42.3 Å². The van der Waals surface area contributed by atoms with Gasteiger partial charge in [0, 0.05) is 44.3 Å². The Kier molecular flexibility index (Phi) is 20.1. The van der Waals surface area contributed by atoms with Gasteiger partial charge in [0.1, 0.15) is 40.5 Å². The summed E-state index contributed by atoms with van der Waals surface area (Å²) < 4.78 is 144. The third kappa shape index (κ3) is 13.8. The molecule has 0 amide bonds. The Morgan fingerprint density at radius 3 is 1.03 bits per heavy atom. The van der Waals surface area contributed by atoms with Gasteiger partial charge in [-0.3, -0.25) is 0 Å². The van der Waals surface area contributed by atoms with Crippen molar-refractivity contribution in [3.8, 4) is 0 Å². The predicted octanol–water partition coefficient (Wildman–Crippen LogP) is -3.44. The summed E-state index contributed by atoms with van der Waals surface area (Å²) in [6, 6.07) is 28.5. The van der Waals surface area contributed by atoms with E-state index in [2.05, 4.69) is 31.1 Å². The zero-order valence-corrected chi connectivity index (χ0v) is 47.1. The number of rotatable bonds is 12. The summed E-state index contributed by atoms with van der Waals surface area (Å²) in [5, 5.41) is 22.0. The molecule has 0 unspecified atom stereocenters. The number of fused-ring (bicyclic) bond motifs is 2. The Hall–Kier alpha value is -2.50. The Morgan fingerprint density at radius 1 is 0.364 bits per heavy atom. The summed E-state index contributed by atoms with van der Waals surface area (Å²) in [5.41, 5.74) is 4.38. The van der Waals surface area contributed by atoms with Gasteiger partial charge in [-0.2, -0.15) is 20.5 Å². The zero-order chi connectivity index (χ0) is 44.8. The van der Waals surface area contributed by atoms with E-state index >= 15 is 0 Å². The van der Waals surface area contributed by atoms with Gasteiger partial charge in [0.15, 0.2) is 0 Å². The summed E-state index contributed by atoms with van der Waals surface area (Å²) in [6.07, 6.45) is 0. The average Bonchev–Trinajstić information content (AvgIpc) is 3.18. The number of benzene rings is 7. The Morgan fingerprint density at radius 2 is 0.697 bits per heavy atom. The summed E-state index contributed by atoms with van der Waals surface area (Å²) in [6.45, 7) is 3.49. The summed E-state index contributed by atoms with van der Waals surface area (Å²) in [4.78, 5) is -2.93. The van der Waals surface area contributed by atoms with Gasteiger partial charge in [-0.1, -0.05) is 30.3 Å². The molecule has 0 aliphatic rings. The van der Waals surface area contributed by atoms with Crippen LogP contribution in [0, 0.1) is 13.8 Å². The molecule has 0 radical (unpaired) electrons. The van der Waals surface area contributed by atoms with E-state index in [1.54, 1.807) is 50.2 Å². The van der Waals surface area contributed by atoms with Crippen molar-refractivity contribution in [2.24, 2.45) is 20.5 Å². The normalized spacial score (nSPS) is 12.0. The maximum absolute atomic E-state index is 12.1. The van der Waals surface area contributed by atoms with E-state index in [9.17, 15) is 51.9 Å². The topological polar surface area (TPSA) is 302 Å². The molecule has 318 valence electrons. The van der Waals surface area contributed by atoms with Gasteiger partial charge < -0.3 is 28.8 Å². The number of hydrogen-bond acceptors (Lipinski definition) is 18. The first-order chi connectivity index (χ1) is 29.0. The summed E-state index contributed by atoms with van der Waals surface area (Å²) in [5.74, 6) is 0. The third-order valence-corrected chi connectivity index (χ3v) is 12.8. The first kappa shape index (κ1) is 57.8. The number of aryl methyl sites for hydroxylation is 2. The second-order valence-corrected chi connectivity index (χ2v) is 19.0. The number of anilines is 4. The molecule has 0 aliphatic carbocycles. The second-order valence-electron chi connectivity index (χ2n) is 13.6. The van der Waals surface area contributed by atoms with E-state index in [4.69, 9.17) is 0 Å². The van der Waals surface area contributed by atoms with E-state index in [1.165, 1.54) is 12.1 Å². The fourth-order valence-corrected chi connectivity index (χ4v) is 9.30. The largest absolute Gasteiger partial charge is 1.00 e. The van der Waals surface area contributed by atoms with Crippen molar-refractivity contribution in [1.82, 2.24) is 0 Å². The molecule has 66 heavy (non-hydrogen) atoms. The van der Waals surface area contributed by atoms with Crippen LogP contribution in [0.3, 0.4) is 0 Å². The first-order valence-electron chi connectivity index (χ1n) is 17.7. The van der Waals surface area contributed by atoms with Crippen molar-refractivity contribution in [3.05, 3.63) is 132 Å². The van der Waals surface area contributed by atoms with Crippen molar-refractivity contribution in [3.63, 3.8) is 0 Å². The molecule has 7 aromatic carbocycles. The molecule has 26 heteroatoms. The molecule has 0 aliphatic heterocycles. The van der Waals surface area contributed by atoms with Crippen LogP contribution in [-0.4, -0.2) is 51.9 Å². The van der Waals surface area contributed by atoms with Crippen molar-refractivity contribution in [2.75, 3.05) is 10.6 Å². The molecule has 2 N–H and O–H groups in total. The van der Waals surface area contributed by atoms with Crippen LogP contribution in [0.15, 0.2) is 161 Å². The van der Waals surface area contributed by atoms with Crippen molar-refractivity contribution in [2.45, 2.75) is 33.4 Å². The molecular weight excluding hydrogens is 977 g/mol. The van der Waals surface area contributed by atoms with Gasteiger partial charge in [-0.05, 0) is 116 Å². The summed E-state index contributed by atoms with van der Waals surface area (Å²) >= 11 is 0. The third-order valence-electron chi connectivity index (χ3n) is 9.26. The van der Waals surface area contributed by atoms with Crippen LogP contribution >= 0.6 is 0 Å². The number of hydrogen-bond donors (Lipinski definition) is 2. The molecule has 0 aromatic heterocycles. The van der Waals surface area contributed by atoms with Crippen LogP contribution in [-0.2, 0) is 40.5 Å². The van der Waals surface area contributed by atoms with Gasteiger partial charge >= 0.3 is 118 Å². The molecule has 7 aromatic rings. The number of nitrogens with one attached hydrogen (secondary N) is 2. The van der Waals surface area contributed by atoms with Crippen LogP contribution < -0.4 is 129 Å². The minimum absolute atomic E-state index is 0. The van der Waals surface area contributed by atoms with Crippen LogP contribution in [0.2, 0.25) is 0 Å². The molecule has 0 fully saturated rings.